The van der Waals surface area contributed by atoms with Gasteiger partial charge < -0.3 is 0 Å². The fraction of sp³-hybridized carbons (Fsp3) is 0.636. The van der Waals surface area contributed by atoms with E-state index >= 15 is 0 Å². The van der Waals surface area contributed by atoms with Crippen molar-refractivity contribution in [1.82, 2.24) is 25.4 Å². The number of hydrogen-bond acceptors (Lipinski definition) is 5. The zero-order chi connectivity index (χ0) is 13.3. The number of H-pyrrole nitrogens is 1. The molecule has 18 heavy (non-hydrogen) atoms. The summed E-state index contributed by atoms with van der Waals surface area (Å²) in [6.07, 6.45) is 1.62. The Morgan fingerprint density at radius 1 is 1.44 bits per heavy atom. The van der Waals surface area contributed by atoms with E-state index < -0.39 is 6.04 Å². The number of carbonyl (C=O) groups excluding carboxylic acids is 2. The monoisotopic (exact) mass is 251 g/mol. The average Bonchev–Trinajstić information content (AvgIpc) is 2.88. The van der Waals surface area contributed by atoms with Crippen LogP contribution < -0.4 is 5.32 Å². The molecule has 0 spiro atoms. The number of likely N-dealkylation sites (tertiary alicyclic amines) is 1. The lowest BCUT2D eigenvalue weighted by Crippen LogP contribution is -2.42. The maximum absolute atomic E-state index is 12.1. The number of aromatic nitrogens is 3. The molecule has 1 aromatic heterocycles. The van der Waals surface area contributed by atoms with E-state index in [4.69, 9.17) is 0 Å². The summed E-state index contributed by atoms with van der Waals surface area (Å²) in [5.41, 5.74) is 0. The van der Waals surface area contributed by atoms with Gasteiger partial charge in [-0.05, 0) is 20.8 Å². The molecule has 0 radical (unpaired) electrons. The van der Waals surface area contributed by atoms with Crippen LogP contribution in [0.2, 0.25) is 0 Å². The van der Waals surface area contributed by atoms with Crippen molar-refractivity contribution in [3.63, 3.8) is 0 Å². The molecule has 2 rings (SSSR count). The second kappa shape index (κ2) is 4.85. The maximum Gasteiger partial charge on any atom is 0.247 e. The van der Waals surface area contributed by atoms with Crippen molar-refractivity contribution in [2.75, 3.05) is 0 Å². The van der Waals surface area contributed by atoms with Crippen molar-refractivity contribution in [2.45, 2.75) is 45.3 Å². The number of amides is 2. The van der Waals surface area contributed by atoms with Crippen LogP contribution in [-0.2, 0) is 9.59 Å². The van der Waals surface area contributed by atoms with E-state index in [0.717, 1.165) is 0 Å². The Morgan fingerprint density at radius 2 is 2.17 bits per heavy atom. The molecule has 0 bridgehead atoms. The largest absolute Gasteiger partial charge is 0.296 e. The van der Waals surface area contributed by atoms with E-state index in [0.29, 0.717) is 5.82 Å². The molecule has 7 heteroatoms. The van der Waals surface area contributed by atoms with Crippen LogP contribution in [0.15, 0.2) is 6.33 Å². The first-order chi connectivity index (χ1) is 8.50. The van der Waals surface area contributed by atoms with Crippen LogP contribution in [-0.4, -0.2) is 44.0 Å². The van der Waals surface area contributed by atoms with Crippen LogP contribution in [0, 0.1) is 0 Å². The third-order valence-corrected chi connectivity index (χ3v) is 2.99. The molecule has 2 heterocycles. The molecular formula is C11H17N5O2. The fourth-order valence-electron chi connectivity index (χ4n) is 2.13. The highest BCUT2D eigenvalue weighted by atomic mass is 16.2. The summed E-state index contributed by atoms with van der Waals surface area (Å²) in [7, 11) is 0. The standard InChI is InChI=1S/C11H17N5O2/c1-6(2)16-9(17)4-8(11(16)18)14-7(3)10-12-5-13-15-10/h5-8,14H,4H2,1-3H3,(H,12,13,15). The van der Waals surface area contributed by atoms with Gasteiger partial charge in [-0.25, -0.2) is 4.98 Å². The minimum atomic E-state index is -0.472. The average molecular weight is 251 g/mol. The van der Waals surface area contributed by atoms with Crippen molar-refractivity contribution in [1.29, 1.82) is 0 Å². The number of aromatic amines is 1. The first-order valence-corrected chi connectivity index (χ1v) is 5.98. The molecule has 1 saturated heterocycles. The molecule has 7 nitrogen and oxygen atoms in total. The summed E-state index contributed by atoms with van der Waals surface area (Å²) in [5, 5.41) is 9.59. The molecule has 0 aliphatic carbocycles. The first-order valence-electron chi connectivity index (χ1n) is 5.98. The highest BCUT2D eigenvalue weighted by Crippen LogP contribution is 2.18. The van der Waals surface area contributed by atoms with E-state index in [1.807, 2.05) is 20.8 Å². The molecule has 0 saturated carbocycles. The van der Waals surface area contributed by atoms with Gasteiger partial charge in [0.1, 0.15) is 12.2 Å². The summed E-state index contributed by atoms with van der Waals surface area (Å²) >= 11 is 0. The van der Waals surface area contributed by atoms with E-state index in [-0.39, 0.29) is 30.3 Å². The molecule has 1 fully saturated rings. The van der Waals surface area contributed by atoms with Gasteiger partial charge in [-0.2, -0.15) is 5.10 Å². The summed E-state index contributed by atoms with van der Waals surface area (Å²) in [6.45, 7) is 5.53. The van der Waals surface area contributed by atoms with Gasteiger partial charge in [0.05, 0.1) is 18.5 Å². The summed E-state index contributed by atoms with van der Waals surface area (Å²) < 4.78 is 0. The summed E-state index contributed by atoms with van der Waals surface area (Å²) in [5.74, 6) is 0.358. The topological polar surface area (TPSA) is 91.0 Å². The third kappa shape index (κ3) is 2.26. The Balaban J connectivity index is 2.03. The number of rotatable bonds is 4. The number of imide groups is 1. The Hall–Kier alpha value is -1.76. The highest BCUT2D eigenvalue weighted by molar-refractivity contribution is 6.05. The molecule has 1 aliphatic rings. The fourth-order valence-corrected chi connectivity index (χ4v) is 2.13. The van der Waals surface area contributed by atoms with Crippen molar-refractivity contribution in [3.8, 4) is 0 Å². The van der Waals surface area contributed by atoms with Crippen molar-refractivity contribution < 1.29 is 9.59 Å². The Labute approximate surface area is 105 Å². The number of hydrogen-bond donors (Lipinski definition) is 2. The van der Waals surface area contributed by atoms with Gasteiger partial charge in [-0.15, -0.1) is 0 Å². The van der Waals surface area contributed by atoms with Crippen LogP contribution in [0.5, 0.6) is 0 Å². The first kappa shape index (κ1) is 12.7. The predicted octanol–water partition coefficient (Wildman–Crippen LogP) is -0.00880. The minimum absolute atomic E-state index is 0.0996. The van der Waals surface area contributed by atoms with Crippen molar-refractivity contribution >= 4 is 11.8 Å². The molecule has 2 N–H and O–H groups in total. The van der Waals surface area contributed by atoms with Crippen LogP contribution in [0.1, 0.15) is 39.1 Å². The normalized spacial score (nSPS) is 22.0. The van der Waals surface area contributed by atoms with Gasteiger partial charge >= 0.3 is 0 Å². The van der Waals surface area contributed by atoms with E-state index in [2.05, 4.69) is 20.5 Å². The Kier molecular flexibility index (Phi) is 3.42. The van der Waals surface area contributed by atoms with Gasteiger partial charge in [-0.1, -0.05) is 0 Å². The lowest BCUT2D eigenvalue weighted by Gasteiger charge is -2.20. The number of carbonyl (C=O) groups is 2. The highest BCUT2D eigenvalue weighted by Gasteiger charge is 2.40. The van der Waals surface area contributed by atoms with Gasteiger partial charge in [0.25, 0.3) is 0 Å². The second-order valence-corrected chi connectivity index (χ2v) is 4.71. The summed E-state index contributed by atoms with van der Waals surface area (Å²) in [4.78, 5) is 29.1. The third-order valence-electron chi connectivity index (χ3n) is 2.99. The van der Waals surface area contributed by atoms with Crippen LogP contribution >= 0.6 is 0 Å². The van der Waals surface area contributed by atoms with Gasteiger partial charge in [0.15, 0.2) is 0 Å². The van der Waals surface area contributed by atoms with E-state index in [1.54, 1.807) is 0 Å². The molecule has 1 aromatic rings. The van der Waals surface area contributed by atoms with E-state index in [9.17, 15) is 9.59 Å². The maximum atomic E-state index is 12.1. The molecule has 98 valence electrons. The predicted molar refractivity (Wildman–Crippen MR) is 63.3 cm³/mol. The molecular weight excluding hydrogens is 234 g/mol. The van der Waals surface area contributed by atoms with Gasteiger partial charge in [0, 0.05) is 6.04 Å². The van der Waals surface area contributed by atoms with Gasteiger partial charge in [-0.3, -0.25) is 24.9 Å². The quantitative estimate of drug-likeness (QED) is 0.734. The van der Waals surface area contributed by atoms with Gasteiger partial charge in [0.2, 0.25) is 11.8 Å². The molecule has 2 atom stereocenters. The van der Waals surface area contributed by atoms with Crippen molar-refractivity contribution in [3.05, 3.63) is 12.2 Å². The number of nitrogens with one attached hydrogen (secondary N) is 2. The Bertz CT molecular complexity index is 442. The summed E-state index contributed by atoms with van der Waals surface area (Å²) in [6, 6.07) is -0.723. The SMILES string of the molecule is CC(NC1CC(=O)N(C(C)C)C1=O)c1ncn[nH]1. The van der Waals surface area contributed by atoms with Crippen molar-refractivity contribution in [2.24, 2.45) is 0 Å². The second-order valence-electron chi connectivity index (χ2n) is 4.71. The molecule has 1 aliphatic heterocycles. The zero-order valence-electron chi connectivity index (χ0n) is 10.7. The van der Waals surface area contributed by atoms with E-state index in [1.165, 1.54) is 11.2 Å². The Morgan fingerprint density at radius 3 is 2.67 bits per heavy atom. The molecule has 2 amide bonds. The lowest BCUT2D eigenvalue weighted by atomic mass is 10.2. The smallest absolute Gasteiger partial charge is 0.247 e. The number of nitrogens with zero attached hydrogens (tertiary/aromatic N) is 3. The lowest BCUT2D eigenvalue weighted by molar-refractivity contribution is -0.140. The van der Waals surface area contributed by atoms with Crippen LogP contribution in [0.3, 0.4) is 0 Å². The molecule has 0 aromatic carbocycles. The van der Waals surface area contributed by atoms with Crippen LogP contribution in [0.4, 0.5) is 0 Å². The van der Waals surface area contributed by atoms with Crippen LogP contribution in [0.25, 0.3) is 0 Å². The molecule has 2 unspecified atom stereocenters. The minimum Gasteiger partial charge on any atom is -0.296 e. The zero-order valence-corrected chi connectivity index (χ0v) is 10.7.